The molecule has 1 aromatic heterocycles. The van der Waals surface area contributed by atoms with Crippen molar-refractivity contribution < 1.29 is 0 Å². The molecule has 1 aliphatic rings. The number of hydrogen-bond acceptors (Lipinski definition) is 4. The molecule has 2 heterocycles. The molecule has 4 heteroatoms. The highest BCUT2D eigenvalue weighted by atomic mass is 14.9. The zero-order valence-corrected chi connectivity index (χ0v) is 12.2. The van der Waals surface area contributed by atoms with Crippen LogP contribution in [0.2, 0.25) is 0 Å². The minimum atomic E-state index is 0.374. The Morgan fingerprint density at radius 1 is 1.29 bits per heavy atom. The average molecular weight is 280 g/mol. The van der Waals surface area contributed by atoms with Crippen LogP contribution in [0, 0.1) is 6.92 Å². The smallest absolute Gasteiger partial charge is 0.130 e. The molecule has 2 aromatic rings. The molecule has 0 saturated carbocycles. The molecule has 0 aliphatic carbocycles. The van der Waals surface area contributed by atoms with Crippen LogP contribution in [-0.2, 0) is 6.42 Å². The van der Waals surface area contributed by atoms with E-state index in [9.17, 15) is 0 Å². The van der Waals surface area contributed by atoms with Crippen LogP contribution in [0.25, 0.3) is 5.57 Å². The number of anilines is 1. The molecule has 3 N–H and O–H groups in total. The van der Waals surface area contributed by atoms with Gasteiger partial charge in [0.05, 0.1) is 0 Å². The van der Waals surface area contributed by atoms with Gasteiger partial charge in [-0.2, -0.15) is 0 Å². The summed E-state index contributed by atoms with van der Waals surface area (Å²) >= 11 is 0. The Bertz CT molecular complexity index is 649. The number of benzene rings is 1. The third-order valence-electron chi connectivity index (χ3n) is 3.85. The number of nitrogens with two attached hydrogens (primary N) is 1. The Kier molecular flexibility index (Phi) is 3.97. The summed E-state index contributed by atoms with van der Waals surface area (Å²) in [6, 6.07) is 10.9. The van der Waals surface area contributed by atoms with Gasteiger partial charge in [-0.1, -0.05) is 36.4 Å². The largest absolute Gasteiger partial charge is 0.383 e. The van der Waals surface area contributed by atoms with Crippen molar-refractivity contribution in [2.75, 3.05) is 12.3 Å². The maximum Gasteiger partial charge on any atom is 0.130 e. The fourth-order valence-corrected chi connectivity index (χ4v) is 2.74. The predicted octanol–water partition coefficient (Wildman–Crippen LogP) is 2.36. The third kappa shape index (κ3) is 3.28. The predicted molar refractivity (Wildman–Crippen MR) is 85.7 cm³/mol. The molecule has 1 aliphatic heterocycles. The second kappa shape index (κ2) is 6.06. The minimum Gasteiger partial charge on any atom is -0.383 e. The maximum absolute atomic E-state index is 5.99. The van der Waals surface area contributed by atoms with Crippen LogP contribution in [0.4, 0.5) is 5.82 Å². The lowest BCUT2D eigenvalue weighted by Gasteiger charge is -2.25. The summed E-state index contributed by atoms with van der Waals surface area (Å²) < 4.78 is 0. The Morgan fingerprint density at radius 3 is 2.86 bits per heavy atom. The Balaban J connectivity index is 1.72. The molecular formula is C17H20N4. The van der Waals surface area contributed by atoms with Gasteiger partial charge in [0.1, 0.15) is 11.6 Å². The van der Waals surface area contributed by atoms with Gasteiger partial charge in [-0.05, 0) is 30.9 Å². The number of nitrogens with one attached hydrogen (secondary N) is 1. The maximum atomic E-state index is 5.99. The van der Waals surface area contributed by atoms with E-state index in [1.54, 1.807) is 0 Å². The van der Waals surface area contributed by atoms with E-state index < -0.39 is 0 Å². The van der Waals surface area contributed by atoms with E-state index in [0.717, 1.165) is 30.8 Å². The highest BCUT2D eigenvalue weighted by Crippen LogP contribution is 2.24. The number of aryl methyl sites for hydroxylation is 1. The summed E-state index contributed by atoms with van der Waals surface area (Å²) in [6.45, 7) is 2.75. The van der Waals surface area contributed by atoms with E-state index in [1.165, 1.54) is 11.1 Å². The molecule has 0 radical (unpaired) electrons. The van der Waals surface area contributed by atoms with Crippen molar-refractivity contribution in [3.63, 3.8) is 0 Å². The molecule has 3 rings (SSSR count). The van der Waals surface area contributed by atoms with Crippen molar-refractivity contribution in [3.8, 4) is 0 Å². The second-order valence-electron chi connectivity index (χ2n) is 5.44. The van der Waals surface area contributed by atoms with Crippen molar-refractivity contribution in [1.29, 1.82) is 0 Å². The molecule has 0 bridgehead atoms. The third-order valence-corrected chi connectivity index (χ3v) is 3.85. The summed E-state index contributed by atoms with van der Waals surface area (Å²) in [4.78, 5) is 8.49. The molecule has 1 aromatic carbocycles. The van der Waals surface area contributed by atoms with Gasteiger partial charge in [0, 0.05) is 24.3 Å². The first-order valence-corrected chi connectivity index (χ1v) is 7.28. The van der Waals surface area contributed by atoms with Crippen molar-refractivity contribution in [1.82, 2.24) is 15.3 Å². The first-order valence-electron chi connectivity index (χ1n) is 7.28. The topological polar surface area (TPSA) is 63.8 Å². The van der Waals surface area contributed by atoms with Gasteiger partial charge in [0.15, 0.2) is 0 Å². The number of aromatic nitrogens is 2. The Morgan fingerprint density at radius 2 is 2.10 bits per heavy atom. The standard InChI is InChI=1S/C17H20N4/c1-12-20-11-15(17(18)21-12)10-16-9-14(7-8-19-16)13-5-3-2-4-6-13/h2-7,11,16,19H,8-10H2,1H3,(H2,18,20,21). The Hall–Kier alpha value is -2.20. The molecule has 4 nitrogen and oxygen atoms in total. The molecule has 0 amide bonds. The SMILES string of the molecule is Cc1ncc(CC2CC(c3ccccc3)=CCN2)c(N)n1. The summed E-state index contributed by atoms with van der Waals surface area (Å²) in [5.41, 5.74) is 9.71. The highest BCUT2D eigenvalue weighted by Gasteiger charge is 2.17. The lowest BCUT2D eigenvalue weighted by Crippen LogP contribution is -2.35. The fraction of sp³-hybridized carbons (Fsp3) is 0.294. The molecule has 21 heavy (non-hydrogen) atoms. The van der Waals surface area contributed by atoms with E-state index in [-0.39, 0.29) is 0 Å². The first-order chi connectivity index (χ1) is 10.2. The Labute approximate surface area is 125 Å². The van der Waals surface area contributed by atoms with Crippen molar-refractivity contribution in [2.45, 2.75) is 25.8 Å². The quantitative estimate of drug-likeness (QED) is 0.906. The monoisotopic (exact) mass is 280 g/mol. The number of nitrogens with zero attached hydrogens (tertiary/aromatic N) is 2. The van der Waals surface area contributed by atoms with Crippen molar-refractivity contribution in [3.05, 3.63) is 59.6 Å². The van der Waals surface area contributed by atoms with Gasteiger partial charge in [-0.15, -0.1) is 0 Å². The molecule has 1 atom stereocenters. The van der Waals surface area contributed by atoms with Crippen LogP contribution in [0.1, 0.15) is 23.4 Å². The van der Waals surface area contributed by atoms with Crippen LogP contribution in [-0.4, -0.2) is 22.6 Å². The highest BCUT2D eigenvalue weighted by molar-refractivity contribution is 5.67. The van der Waals surface area contributed by atoms with Crippen LogP contribution < -0.4 is 11.1 Å². The van der Waals surface area contributed by atoms with E-state index in [2.05, 4.69) is 45.6 Å². The molecule has 0 spiro atoms. The van der Waals surface area contributed by atoms with E-state index in [0.29, 0.717) is 11.9 Å². The summed E-state index contributed by atoms with van der Waals surface area (Å²) in [5.74, 6) is 1.32. The summed E-state index contributed by atoms with van der Waals surface area (Å²) in [7, 11) is 0. The van der Waals surface area contributed by atoms with Crippen molar-refractivity contribution >= 4 is 11.4 Å². The van der Waals surface area contributed by atoms with Crippen LogP contribution in [0.5, 0.6) is 0 Å². The zero-order valence-electron chi connectivity index (χ0n) is 12.2. The first kappa shape index (κ1) is 13.8. The molecule has 1 unspecified atom stereocenters. The fourth-order valence-electron chi connectivity index (χ4n) is 2.74. The van der Waals surface area contributed by atoms with E-state index >= 15 is 0 Å². The summed E-state index contributed by atoms with van der Waals surface area (Å²) in [5, 5.41) is 3.52. The average Bonchev–Trinajstić information content (AvgIpc) is 2.51. The van der Waals surface area contributed by atoms with Gasteiger partial charge in [-0.3, -0.25) is 0 Å². The lowest BCUT2D eigenvalue weighted by atomic mass is 9.92. The van der Waals surface area contributed by atoms with Crippen LogP contribution in [0.3, 0.4) is 0 Å². The molecular weight excluding hydrogens is 260 g/mol. The molecule has 0 saturated heterocycles. The van der Waals surface area contributed by atoms with Crippen LogP contribution in [0.15, 0.2) is 42.6 Å². The van der Waals surface area contributed by atoms with E-state index in [1.807, 2.05) is 19.2 Å². The molecule has 0 fully saturated rings. The summed E-state index contributed by atoms with van der Waals surface area (Å²) in [6.07, 6.45) is 5.97. The van der Waals surface area contributed by atoms with Crippen molar-refractivity contribution in [2.24, 2.45) is 0 Å². The lowest BCUT2D eigenvalue weighted by molar-refractivity contribution is 0.532. The van der Waals surface area contributed by atoms with Gasteiger partial charge in [0.2, 0.25) is 0 Å². The zero-order chi connectivity index (χ0) is 14.7. The normalized spacial score (nSPS) is 18.3. The second-order valence-corrected chi connectivity index (χ2v) is 5.44. The van der Waals surface area contributed by atoms with E-state index in [4.69, 9.17) is 5.73 Å². The van der Waals surface area contributed by atoms with Gasteiger partial charge < -0.3 is 11.1 Å². The minimum absolute atomic E-state index is 0.374. The number of nitrogen functional groups attached to an aromatic ring is 1. The van der Waals surface area contributed by atoms with Gasteiger partial charge in [-0.25, -0.2) is 9.97 Å². The van der Waals surface area contributed by atoms with Gasteiger partial charge >= 0.3 is 0 Å². The number of rotatable bonds is 3. The molecule has 108 valence electrons. The van der Waals surface area contributed by atoms with Crippen LogP contribution >= 0.6 is 0 Å². The number of hydrogen-bond donors (Lipinski definition) is 2. The van der Waals surface area contributed by atoms with Gasteiger partial charge in [0.25, 0.3) is 0 Å².